The fraction of sp³-hybridized carbons (Fsp3) is 0.118. The van der Waals surface area contributed by atoms with Gasteiger partial charge in [-0.1, -0.05) is 25.1 Å². The zero-order chi connectivity index (χ0) is 15.4. The largest absolute Gasteiger partial charge is 0.279 e. The minimum absolute atomic E-state index is 0.763. The number of carbonyl (C=O) groups is 1. The Labute approximate surface area is 133 Å². The number of fused-ring (bicyclic) bond motifs is 1. The zero-order valence-electron chi connectivity index (χ0n) is 12.1. The van der Waals surface area contributed by atoms with Crippen LogP contribution < -0.4 is 4.90 Å². The highest BCUT2D eigenvalue weighted by Crippen LogP contribution is 2.34. The maximum absolute atomic E-state index is 11.8. The maximum Gasteiger partial charge on any atom is 0.218 e. The molecule has 0 fully saturated rings. The topological polar surface area (TPSA) is 46.1 Å². The van der Waals surface area contributed by atoms with E-state index in [1.54, 1.807) is 29.1 Å². The molecule has 0 aliphatic heterocycles. The molecule has 2 heterocycles. The van der Waals surface area contributed by atoms with E-state index in [1.807, 2.05) is 42.5 Å². The number of anilines is 2. The molecular weight excluding hydrogens is 294 g/mol. The second-order valence-corrected chi connectivity index (χ2v) is 5.84. The summed E-state index contributed by atoms with van der Waals surface area (Å²) in [7, 11) is 0. The average Bonchev–Trinajstić information content (AvgIpc) is 2.57. The number of nitrogens with zero attached hydrogens (tertiary/aromatic N) is 3. The summed E-state index contributed by atoms with van der Waals surface area (Å²) in [6.45, 7) is 2.06. The highest BCUT2D eigenvalue weighted by molar-refractivity contribution is 7.99. The van der Waals surface area contributed by atoms with Gasteiger partial charge in [0, 0.05) is 17.8 Å². The van der Waals surface area contributed by atoms with E-state index in [2.05, 4.69) is 16.9 Å². The summed E-state index contributed by atoms with van der Waals surface area (Å²) in [6, 6.07) is 13.4. The third-order valence-electron chi connectivity index (χ3n) is 3.27. The highest BCUT2D eigenvalue weighted by atomic mass is 32.2. The summed E-state index contributed by atoms with van der Waals surface area (Å²) >= 11 is 1.61. The van der Waals surface area contributed by atoms with Gasteiger partial charge in [0.05, 0.1) is 16.9 Å². The van der Waals surface area contributed by atoms with Crippen LogP contribution in [0.25, 0.3) is 10.9 Å². The van der Waals surface area contributed by atoms with Gasteiger partial charge in [0.2, 0.25) is 6.41 Å². The number of rotatable bonds is 5. The second-order valence-electron chi connectivity index (χ2n) is 4.59. The smallest absolute Gasteiger partial charge is 0.218 e. The predicted octanol–water partition coefficient (Wildman–Crippen LogP) is 4.04. The quantitative estimate of drug-likeness (QED) is 0.527. The van der Waals surface area contributed by atoms with Crippen LogP contribution in [0.3, 0.4) is 0 Å². The van der Waals surface area contributed by atoms with Crippen molar-refractivity contribution in [3.8, 4) is 0 Å². The van der Waals surface area contributed by atoms with Gasteiger partial charge in [0.1, 0.15) is 5.03 Å². The van der Waals surface area contributed by atoms with Crippen molar-refractivity contribution < 1.29 is 4.79 Å². The molecule has 1 aromatic carbocycles. The Hall–Kier alpha value is -2.40. The van der Waals surface area contributed by atoms with Crippen LogP contribution in [0.1, 0.15) is 6.92 Å². The standard InChI is InChI=1S/C17H15N3OS/c1-2-22-17-15(9-5-11-19-17)20(12-21)14-8-3-6-13-7-4-10-18-16(13)14/h3-12H,2H2,1H3. The van der Waals surface area contributed by atoms with Crippen molar-refractivity contribution in [3.05, 3.63) is 54.9 Å². The normalized spacial score (nSPS) is 10.6. The Balaban J connectivity index is 2.17. The summed E-state index contributed by atoms with van der Waals surface area (Å²) in [5.41, 5.74) is 2.34. The molecule has 1 amide bonds. The molecule has 0 bridgehead atoms. The first-order valence-corrected chi connectivity index (χ1v) is 7.99. The molecule has 5 heteroatoms. The van der Waals surface area contributed by atoms with Crippen molar-refractivity contribution in [2.45, 2.75) is 11.9 Å². The van der Waals surface area contributed by atoms with Crippen LogP contribution >= 0.6 is 11.8 Å². The van der Waals surface area contributed by atoms with Gasteiger partial charge in [-0.3, -0.25) is 14.7 Å². The minimum atomic E-state index is 0.763. The molecule has 4 nitrogen and oxygen atoms in total. The van der Waals surface area contributed by atoms with E-state index in [0.717, 1.165) is 39.5 Å². The van der Waals surface area contributed by atoms with Crippen molar-refractivity contribution in [2.24, 2.45) is 0 Å². The molecule has 3 aromatic rings. The van der Waals surface area contributed by atoms with E-state index in [1.165, 1.54) is 0 Å². The van der Waals surface area contributed by atoms with Crippen LogP contribution in [0.4, 0.5) is 11.4 Å². The van der Waals surface area contributed by atoms with Crippen LogP contribution in [0.15, 0.2) is 59.9 Å². The summed E-state index contributed by atoms with van der Waals surface area (Å²) in [4.78, 5) is 22.2. The number of hydrogen-bond donors (Lipinski definition) is 0. The van der Waals surface area contributed by atoms with E-state index < -0.39 is 0 Å². The van der Waals surface area contributed by atoms with E-state index in [-0.39, 0.29) is 0 Å². The van der Waals surface area contributed by atoms with Crippen molar-refractivity contribution in [2.75, 3.05) is 10.7 Å². The number of benzene rings is 1. The molecular formula is C17H15N3OS. The van der Waals surface area contributed by atoms with E-state index in [4.69, 9.17) is 0 Å². The van der Waals surface area contributed by atoms with Crippen LogP contribution in [-0.2, 0) is 4.79 Å². The molecule has 0 atom stereocenters. The first kappa shape index (κ1) is 14.5. The van der Waals surface area contributed by atoms with Gasteiger partial charge in [-0.15, -0.1) is 11.8 Å². The summed E-state index contributed by atoms with van der Waals surface area (Å²) in [6.07, 6.45) is 4.30. The number of pyridine rings is 2. The monoisotopic (exact) mass is 309 g/mol. The lowest BCUT2D eigenvalue weighted by molar-refractivity contribution is -0.106. The van der Waals surface area contributed by atoms with Crippen molar-refractivity contribution >= 4 is 40.4 Å². The van der Waals surface area contributed by atoms with Gasteiger partial charge in [0.25, 0.3) is 0 Å². The molecule has 22 heavy (non-hydrogen) atoms. The SMILES string of the molecule is CCSc1ncccc1N(C=O)c1cccc2cccnc12. The Bertz CT molecular complexity index is 801. The average molecular weight is 309 g/mol. The molecule has 0 aliphatic carbocycles. The molecule has 0 saturated heterocycles. The number of carbonyl (C=O) groups excluding carboxylic acids is 1. The number of hydrogen-bond acceptors (Lipinski definition) is 4. The molecule has 0 N–H and O–H groups in total. The van der Waals surface area contributed by atoms with Crippen molar-refractivity contribution in [1.29, 1.82) is 0 Å². The number of para-hydroxylation sites is 1. The Morgan fingerprint density at radius 3 is 2.59 bits per heavy atom. The molecule has 3 rings (SSSR count). The highest BCUT2D eigenvalue weighted by Gasteiger charge is 2.16. The predicted molar refractivity (Wildman–Crippen MR) is 90.6 cm³/mol. The van der Waals surface area contributed by atoms with Gasteiger partial charge >= 0.3 is 0 Å². The van der Waals surface area contributed by atoms with Gasteiger partial charge in [-0.05, 0) is 30.0 Å². The molecule has 0 aliphatic rings. The molecule has 0 radical (unpaired) electrons. The van der Waals surface area contributed by atoms with Gasteiger partial charge in [0.15, 0.2) is 0 Å². The van der Waals surface area contributed by atoms with Crippen LogP contribution in [0.5, 0.6) is 0 Å². The molecule has 110 valence electrons. The fourth-order valence-electron chi connectivity index (χ4n) is 2.34. The minimum Gasteiger partial charge on any atom is -0.279 e. The van der Waals surface area contributed by atoms with Crippen molar-refractivity contribution in [3.63, 3.8) is 0 Å². The van der Waals surface area contributed by atoms with Gasteiger partial charge in [-0.25, -0.2) is 4.98 Å². The zero-order valence-corrected chi connectivity index (χ0v) is 13.0. The summed E-state index contributed by atoms with van der Waals surface area (Å²) in [5, 5.41) is 1.84. The maximum atomic E-state index is 11.8. The van der Waals surface area contributed by atoms with Crippen LogP contribution in [0.2, 0.25) is 0 Å². The lowest BCUT2D eigenvalue weighted by atomic mass is 10.1. The first-order valence-electron chi connectivity index (χ1n) is 7.01. The molecule has 0 unspecified atom stereocenters. The van der Waals surface area contributed by atoms with Gasteiger partial charge < -0.3 is 0 Å². The third-order valence-corrected chi connectivity index (χ3v) is 4.14. The second kappa shape index (κ2) is 6.58. The van der Waals surface area contributed by atoms with Gasteiger partial charge in [-0.2, -0.15) is 0 Å². The van der Waals surface area contributed by atoms with E-state index in [0.29, 0.717) is 0 Å². The van der Waals surface area contributed by atoms with Crippen LogP contribution in [-0.4, -0.2) is 22.1 Å². The lowest BCUT2D eigenvalue weighted by Gasteiger charge is -2.20. The number of aromatic nitrogens is 2. The Morgan fingerprint density at radius 2 is 1.77 bits per heavy atom. The first-order chi connectivity index (χ1) is 10.8. The van der Waals surface area contributed by atoms with Crippen LogP contribution in [0, 0.1) is 0 Å². The Kier molecular flexibility index (Phi) is 4.34. The molecule has 2 aromatic heterocycles. The molecule has 0 spiro atoms. The lowest BCUT2D eigenvalue weighted by Crippen LogP contribution is -2.16. The van der Waals surface area contributed by atoms with Crippen molar-refractivity contribution in [1.82, 2.24) is 9.97 Å². The molecule has 0 saturated carbocycles. The fourth-order valence-corrected chi connectivity index (χ4v) is 3.06. The van der Waals surface area contributed by atoms with E-state index in [9.17, 15) is 4.79 Å². The third kappa shape index (κ3) is 2.67. The Morgan fingerprint density at radius 1 is 1.05 bits per heavy atom. The summed E-state index contributed by atoms with van der Waals surface area (Å²) < 4.78 is 0. The summed E-state index contributed by atoms with van der Waals surface area (Å²) in [5.74, 6) is 0.893. The number of amides is 1. The van der Waals surface area contributed by atoms with E-state index >= 15 is 0 Å². The number of thioether (sulfide) groups is 1.